The number of hydrogen-bond donors (Lipinski definition) is 2. The zero-order chi connectivity index (χ0) is 15.4. The van der Waals surface area contributed by atoms with Crippen molar-refractivity contribution in [2.45, 2.75) is 42.8 Å². The fourth-order valence-electron chi connectivity index (χ4n) is 1.88. The third kappa shape index (κ3) is 4.15. The number of aromatic nitrogens is 2. The number of aromatic amines is 1. The van der Waals surface area contributed by atoms with E-state index in [9.17, 15) is 14.3 Å². The summed E-state index contributed by atoms with van der Waals surface area (Å²) in [6, 6.07) is 5.99. The van der Waals surface area contributed by atoms with Gasteiger partial charge in [-0.2, -0.15) is 0 Å². The molecule has 0 bridgehead atoms. The molecule has 0 amide bonds. The van der Waals surface area contributed by atoms with E-state index in [1.54, 1.807) is 19.1 Å². The molecular weight excluding hydrogens is 291 g/mol. The number of benzene rings is 1. The summed E-state index contributed by atoms with van der Waals surface area (Å²) in [4.78, 5) is 18.8. The normalized spacial score (nSPS) is 12.4. The Kier molecular flexibility index (Phi) is 5.14. The molecule has 1 unspecified atom stereocenters. The van der Waals surface area contributed by atoms with Crippen LogP contribution in [0.15, 0.2) is 39.1 Å². The molecule has 21 heavy (non-hydrogen) atoms. The number of rotatable bonds is 5. The average molecular weight is 308 g/mol. The minimum atomic E-state index is -0.718. The lowest BCUT2D eigenvalue weighted by Gasteiger charge is -2.08. The van der Waals surface area contributed by atoms with E-state index in [1.807, 2.05) is 6.92 Å². The van der Waals surface area contributed by atoms with Crippen molar-refractivity contribution in [2.24, 2.45) is 0 Å². The maximum absolute atomic E-state index is 14.0. The Morgan fingerprint density at radius 2 is 2.19 bits per heavy atom. The first-order valence-electron chi connectivity index (χ1n) is 6.75. The van der Waals surface area contributed by atoms with E-state index in [0.29, 0.717) is 27.7 Å². The molecule has 4 nitrogen and oxygen atoms in total. The van der Waals surface area contributed by atoms with Crippen molar-refractivity contribution in [3.8, 4) is 0 Å². The second kappa shape index (κ2) is 6.87. The van der Waals surface area contributed by atoms with Crippen LogP contribution in [-0.2, 0) is 6.42 Å². The Labute approximate surface area is 126 Å². The Hall–Kier alpha value is -1.66. The molecule has 1 atom stereocenters. The molecule has 0 fully saturated rings. The highest BCUT2D eigenvalue weighted by atomic mass is 32.2. The van der Waals surface area contributed by atoms with Gasteiger partial charge in [0.2, 0.25) is 0 Å². The van der Waals surface area contributed by atoms with Gasteiger partial charge < -0.3 is 10.1 Å². The van der Waals surface area contributed by atoms with E-state index >= 15 is 0 Å². The van der Waals surface area contributed by atoms with Crippen molar-refractivity contribution in [3.05, 3.63) is 51.7 Å². The van der Waals surface area contributed by atoms with Crippen LogP contribution in [0, 0.1) is 5.82 Å². The highest BCUT2D eigenvalue weighted by Crippen LogP contribution is 2.28. The van der Waals surface area contributed by atoms with Gasteiger partial charge in [-0.3, -0.25) is 4.79 Å². The summed E-state index contributed by atoms with van der Waals surface area (Å²) in [5.74, 6) is -0.443. The van der Waals surface area contributed by atoms with Crippen molar-refractivity contribution < 1.29 is 9.50 Å². The summed E-state index contributed by atoms with van der Waals surface area (Å²) in [5, 5.41) is 9.80. The van der Waals surface area contributed by atoms with Gasteiger partial charge in [-0.15, -0.1) is 0 Å². The quantitative estimate of drug-likeness (QED) is 0.833. The lowest BCUT2D eigenvalue weighted by atomic mass is 10.1. The molecule has 0 spiro atoms. The van der Waals surface area contributed by atoms with Crippen LogP contribution in [-0.4, -0.2) is 15.1 Å². The molecule has 1 heterocycles. The number of nitrogens with zero attached hydrogens (tertiary/aromatic N) is 1. The average Bonchev–Trinajstić information content (AvgIpc) is 2.40. The zero-order valence-corrected chi connectivity index (χ0v) is 12.7. The zero-order valence-electron chi connectivity index (χ0n) is 11.9. The fourth-order valence-corrected chi connectivity index (χ4v) is 2.70. The van der Waals surface area contributed by atoms with Crippen LogP contribution in [0.25, 0.3) is 0 Å². The molecule has 2 N–H and O–H groups in total. The first kappa shape index (κ1) is 15.7. The number of halogens is 1. The van der Waals surface area contributed by atoms with Gasteiger partial charge in [0.05, 0.1) is 11.0 Å². The van der Waals surface area contributed by atoms with Crippen LogP contribution in [0.4, 0.5) is 4.39 Å². The van der Waals surface area contributed by atoms with Crippen LogP contribution < -0.4 is 5.56 Å². The van der Waals surface area contributed by atoms with Gasteiger partial charge in [-0.05, 0) is 42.8 Å². The highest BCUT2D eigenvalue weighted by Gasteiger charge is 2.10. The molecule has 0 aliphatic heterocycles. The Bertz CT molecular complexity index is 686. The van der Waals surface area contributed by atoms with E-state index in [0.717, 1.165) is 18.2 Å². The predicted molar refractivity (Wildman–Crippen MR) is 80.0 cm³/mol. The van der Waals surface area contributed by atoms with E-state index < -0.39 is 11.9 Å². The molecule has 0 saturated heterocycles. The SMILES string of the molecule is CCCc1cc(=O)[nH]c(Sc2ccc(C(C)O)cc2F)n1. The van der Waals surface area contributed by atoms with E-state index in [4.69, 9.17) is 0 Å². The number of H-pyrrole nitrogens is 1. The standard InChI is InChI=1S/C15H17FN2O2S/c1-3-4-11-8-14(20)18-15(17-11)21-13-6-5-10(9(2)19)7-12(13)16/h5-9,19H,3-4H2,1-2H3,(H,17,18,20). The van der Waals surface area contributed by atoms with Crippen LogP contribution in [0.3, 0.4) is 0 Å². The number of aliphatic hydroxyl groups excluding tert-OH is 1. The molecule has 0 aliphatic carbocycles. The molecular formula is C15H17FN2O2S. The number of aliphatic hydroxyl groups is 1. The molecule has 0 radical (unpaired) electrons. The van der Waals surface area contributed by atoms with Gasteiger partial charge in [0, 0.05) is 11.8 Å². The highest BCUT2D eigenvalue weighted by molar-refractivity contribution is 7.99. The summed E-state index contributed by atoms with van der Waals surface area (Å²) < 4.78 is 14.0. The third-order valence-corrected chi connectivity index (χ3v) is 3.86. The molecule has 6 heteroatoms. The topological polar surface area (TPSA) is 66.0 Å². The number of nitrogens with one attached hydrogen (secondary N) is 1. The summed E-state index contributed by atoms with van der Waals surface area (Å²) in [5.41, 5.74) is 0.972. The molecule has 1 aromatic carbocycles. The van der Waals surface area contributed by atoms with Crippen molar-refractivity contribution in [3.63, 3.8) is 0 Å². The Morgan fingerprint density at radius 1 is 1.43 bits per heavy atom. The number of hydrogen-bond acceptors (Lipinski definition) is 4. The van der Waals surface area contributed by atoms with Crippen molar-refractivity contribution in [2.75, 3.05) is 0 Å². The second-order valence-electron chi connectivity index (χ2n) is 4.76. The minimum Gasteiger partial charge on any atom is -0.389 e. The van der Waals surface area contributed by atoms with Crippen LogP contribution in [0.5, 0.6) is 0 Å². The molecule has 0 aliphatic rings. The van der Waals surface area contributed by atoms with E-state index in [2.05, 4.69) is 9.97 Å². The first-order valence-corrected chi connectivity index (χ1v) is 7.57. The monoisotopic (exact) mass is 308 g/mol. The van der Waals surface area contributed by atoms with Crippen molar-refractivity contribution >= 4 is 11.8 Å². The van der Waals surface area contributed by atoms with Crippen molar-refractivity contribution in [1.29, 1.82) is 0 Å². The lowest BCUT2D eigenvalue weighted by molar-refractivity contribution is 0.198. The maximum Gasteiger partial charge on any atom is 0.251 e. The summed E-state index contributed by atoms with van der Waals surface area (Å²) >= 11 is 1.07. The van der Waals surface area contributed by atoms with Gasteiger partial charge in [-0.1, -0.05) is 19.4 Å². The molecule has 2 aromatic rings. The van der Waals surface area contributed by atoms with Crippen LogP contribution in [0.1, 0.15) is 37.6 Å². The van der Waals surface area contributed by atoms with Gasteiger partial charge in [0.25, 0.3) is 5.56 Å². The predicted octanol–water partition coefficient (Wildman–Crippen LogP) is 3.07. The lowest BCUT2D eigenvalue weighted by Crippen LogP contribution is -2.09. The Morgan fingerprint density at radius 3 is 2.81 bits per heavy atom. The van der Waals surface area contributed by atoms with Crippen LogP contribution >= 0.6 is 11.8 Å². The Balaban J connectivity index is 2.27. The molecule has 2 rings (SSSR count). The summed E-state index contributed by atoms with van der Waals surface area (Å²) in [6.07, 6.45) is 0.878. The van der Waals surface area contributed by atoms with E-state index in [-0.39, 0.29) is 5.56 Å². The summed E-state index contributed by atoms with van der Waals surface area (Å²) in [7, 11) is 0. The van der Waals surface area contributed by atoms with Gasteiger partial charge in [-0.25, -0.2) is 9.37 Å². The summed E-state index contributed by atoms with van der Waals surface area (Å²) in [6.45, 7) is 3.58. The van der Waals surface area contributed by atoms with Gasteiger partial charge >= 0.3 is 0 Å². The van der Waals surface area contributed by atoms with Gasteiger partial charge in [0.15, 0.2) is 5.16 Å². The van der Waals surface area contributed by atoms with Crippen molar-refractivity contribution in [1.82, 2.24) is 9.97 Å². The fraction of sp³-hybridized carbons (Fsp3) is 0.333. The van der Waals surface area contributed by atoms with Crippen LogP contribution in [0.2, 0.25) is 0 Å². The first-order chi connectivity index (χ1) is 9.99. The molecule has 1 aromatic heterocycles. The third-order valence-electron chi connectivity index (χ3n) is 2.92. The molecule has 112 valence electrons. The van der Waals surface area contributed by atoms with Gasteiger partial charge in [0.1, 0.15) is 5.82 Å². The smallest absolute Gasteiger partial charge is 0.251 e. The largest absolute Gasteiger partial charge is 0.389 e. The molecule has 0 saturated carbocycles. The maximum atomic E-state index is 14.0. The second-order valence-corrected chi connectivity index (χ2v) is 5.79. The minimum absolute atomic E-state index is 0.239. The van der Waals surface area contributed by atoms with E-state index in [1.165, 1.54) is 12.1 Å². The number of aryl methyl sites for hydroxylation is 1.